The van der Waals surface area contributed by atoms with Crippen LogP contribution in [0.4, 0.5) is 0 Å². The first-order chi connectivity index (χ1) is 39.3. The number of aliphatic hydroxyl groups excluding tert-OH is 1. The van der Waals surface area contributed by atoms with E-state index in [0.29, 0.717) is 69.8 Å². The van der Waals surface area contributed by atoms with Gasteiger partial charge in [-0.05, 0) is 93.9 Å². The van der Waals surface area contributed by atoms with Gasteiger partial charge in [-0.2, -0.15) is 0 Å². The molecule has 0 saturated carbocycles. The Bertz CT molecular complexity index is 2620. The number of ether oxygens (including phenoxy) is 6. The van der Waals surface area contributed by atoms with Gasteiger partial charge in [-0.15, -0.1) is 0 Å². The maximum Gasteiger partial charge on any atom is 0.325 e. The smallest absolute Gasteiger partial charge is 0.325 e. The molecule has 4 amide bonds. The van der Waals surface area contributed by atoms with E-state index < -0.39 is 102 Å². The van der Waals surface area contributed by atoms with Crippen LogP contribution in [0.5, 0.6) is 5.75 Å². The van der Waals surface area contributed by atoms with Crippen LogP contribution >= 0.6 is 0 Å². The van der Waals surface area contributed by atoms with Crippen LogP contribution in [0.1, 0.15) is 153 Å². The summed E-state index contributed by atoms with van der Waals surface area (Å²) in [5, 5.41) is 22.1. The Kier molecular flexibility index (Phi) is 22.2. The van der Waals surface area contributed by atoms with Crippen LogP contribution < -0.4 is 26.1 Å². The van der Waals surface area contributed by atoms with Crippen LogP contribution in [-0.2, 0) is 63.7 Å². The number of cyclic esters (lactones) is 1. The van der Waals surface area contributed by atoms with E-state index in [1.807, 2.05) is 105 Å². The van der Waals surface area contributed by atoms with Gasteiger partial charge in [0.2, 0.25) is 17.7 Å². The number of hydrogen-bond acceptors (Lipinski definition) is 15. The number of esters is 3. The quantitative estimate of drug-likeness (QED) is 0.0692. The lowest BCUT2D eigenvalue weighted by atomic mass is 9.69. The van der Waals surface area contributed by atoms with Crippen LogP contribution in [0.3, 0.4) is 0 Å². The summed E-state index contributed by atoms with van der Waals surface area (Å²) in [5.74, 6) is -5.73. The highest BCUT2D eigenvalue weighted by Gasteiger charge is 2.58. The third kappa shape index (κ3) is 16.0. The van der Waals surface area contributed by atoms with Crippen molar-refractivity contribution < 1.29 is 67.1 Å². The largest absolute Gasteiger partial charge is 0.462 e. The molecule has 0 unspecified atom stereocenters. The van der Waals surface area contributed by atoms with Crippen molar-refractivity contribution in [1.82, 2.24) is 26.4 Å². The fourth-order valence-corrected chi connectivity index (χ4v) is 13.0. The molecule has 5 bridgehead atoms. The van der Waals surface area contributed by atoms with Crippen molar-refractivity contribution in [3.8, 4) is 5.75 Å². The van der Waals surface area contributed by atoms with E-state index in [9.17, 15) is 38.7 Å². The molecule has 5 saturated heterocycles. The van der Waals surface area contributed by atoms with Crippen LogP contribution in [0, 0.1) is 47.3 Å². The fourth-order valence-electron chi connectivity index (χ4n) is 13.0. The lowest BCUT2D eigenvalue weighted by Crippen LogP contribution is -2.71. The Morgan fingerprint density at radius 3 is 2.40 bits per heavy atom. The topological polar surface area (TPSA) is 246 Å². The van der Waals surface area contributed by atoms with Gasteiger partial charge in [-0.3, -0.25) is 38.6 Å². The number of carbonyl (C=O) groups is 7. The second-order valence-corrected chi connectivity index (χ2v) is 24.9. The zero-order valence-electron chi connectivity index (χ0n) is 50.9. The minimum atomic E-state index is -1.18. The number of hydrazine groups is 1. The van der Waals surface area contributed by atoms with Gasteiger partial charge in [0.15, 0.2) is 5.79 Å². The summed E-state index contributed by atoms with van der Waals surface area (Å²) in [6, 6.07) is 3.59. The van der Waals surface area contributed by atoms with Crippen molar-refractivity contribution in [2.75, 3.05) is 6.54 Å². The summed E-state index contributed by atoms with van der Waals surface area (Å²) in [5.41, 5.74) is 3.42. The van der Waals surface area contributed by atoms with Gasteiger partial charge in [-0.25, -0.2) is 5.43 Å². The first kappa shape index (κ1) is 64.8. The number of hydrogen-bond donors (Lipinski definition) is 5. The van der Waals surface area contributed by atoms with E-state index >= 15 is 0 Å². The molecule has 6 aliphatic rings. The molecule has 1 aromatic rings. The SMILES string of the molecule is CC[C@H]1C[C@H](C)[C@@]2(NC1=O)O[C@@H](C[C@H](OC(C)=O)[C@@H](C)CC/C=C/C=C(\C)[C@@H]1C/C=C/C=C\[C@@H]3O[C@@]4(C)CC[C@@H](C(=O)N[C@@H](C(C)C)C(=O)N[C@@H](Cc5cccc(OC(C)=O)c5)C(=O)N5CCC[C@H](N5)C(=O)O1)[C@H](O4)[C@H]3C)[C@H](C)[C@H](O)[C@@H]2C. The van der Waals surface area contributed by atoms with E-state index in [2.05, 4.69) is 28.3 Å². The maximum atomic E-state index is 14.8. The molecule has 1 aromatic carbocycles. The Hall–Kier alpha value is -5.73. The number of amides is 4. The summed E-state index contributed by atoms with van der Waals surface area (Å²) >= 11 is 0. The minimum absolute atomic E-state index is 0.00648. The molecule has 6 heterocycles. The number of nitrogens with one attached hydrogen (secondary N) is 4. The number of allylic oxidation sites excluding steroid dienone is 5. The van der Waals surface area contributed by atoms with Crippen molar-refractivity contribution in [3.05, 3.63) is 77.9 Å². The van der Waals surface area contributed by atoms with Crippen molar-refractivity contribution in [2.45, 2.75) is 220 Å². The predicted octanol–water partition coefficient (Wildman–Crippen LogP) is 7.40. The summed E-state index contributed by atoms with van der Waals surface area (Å²) in [7, 11) is 0. The first-order valence-electron chi connectivity index (χ1n) is 30.4. The van der Waals surface area contributed by atoms with E-state index in [1.165, 1.54) is 18.9 Å². The molecule has 6 aliphatic heterocycles. The average molecular weight is 1160 g/mol. The van der Waals surface area contributed by atoms with Gasteiger partial charge in [0.1, 0.15) is 41.8 Å². The highest BCUT2D eigenvalue weighted by molar-refractivity contribution is 5.93. The summed E-state index contributed by atoms with van der Waals surface area (Å²) in [6.07, 6.45) is 15.1. The number of rotatable bonds is 14. The minimum Gasteiger partial charge on any atom is -0.462 e. The van der Waals surface area contributed by atoms with Crippen molar-refractivity contribution in [1.29, 1.82) is 0 Å². The Labute approximate surface area is 490 Å². The molecule has 0 aromatic heterocycles. The molecule has 5 fully saturated rings. The molecule has 458 valence electrons. The summed E-state index contributed by atoms with van der Waals surface area (Å²) < 4.78 is 37.5. The Balaban J connectivity index is 1.10. The number of fused-ring (bicyclic) bond motifs is 4. The molecule has 0 radical (unpaired) electrons. The number of carbonyl (C=O) groups excluding carboxylic acids is 7. The highest BCUT2D eigenvalue weighted by atomic mass is 16.7. The first-order valence-corrected chi connectivity index (χ1v) is 30.4. The Morgan fingerprint density at radius 2 is 1.69 bits per heavy atom. The van der Waals surface area contributed by atoms with Gasteiger partial charge in [0, 0.05) is 75.7 Å². The molecule has 83 heavy (non-hydrogen) atoms. The molecule has 0 aliphatic carbocycles. The van der Waals surface area contributed by atoms with Crippen molar-refractivity contribution in [3.63, 3.8) is 0 Å². The van der Waals surface area contributed by atoms with Gasteiger partial charge in [-0.1, -0.05) is 110 Å². The number of nitrogens with zero attached hydrogens (tertiary/aromatic N) is 1. The Morgan fingerprint density at radius 1 is 0.928 bits per heavy atom. The third-order valence-electron chi connectivity index (χ3n) is 18.2. The molecule has 7 rings (SSSR count). The van der Waals surface area contributed by atoms with Gasteiger partial charge in [0.05, 0.1) is 30.3 Å². The molecule has 1 spiro atoms. The van der Waals surface area contributed by atoms with Gasteiger partial charge >= 0.3 is 17.9 Å². The van der Waals surface area contributed by atoms with Gasteiger partial charge in [0.25, 0.3) is 5.91 Å². The molecule has 18 atom stereocenters. The monoisotopic (exact) mass is 1160 g/mol. The lowest BCUT2D eigenvalue weighted by molar-refractivity contribution is -0.344. The van der Waals surface area contributed by atoms with Crippen LogP contribution in [0.15, 0.2) is 72.4 Å². The van der Waals surface area contributed by atoms with Gasteiger partial charge < -0.3 is 49.5 Å². The molecule has 5 N–H and O–H groups in total. The fraction of sp³-hybridized carbons (Fsp3) is 0.672. The predicted molar refractivity (Wildman–Crippen MR) is 310 cm³/mol. The van der Waals surface area contributed by atoms with Crippen LogP contribution in [-0.4, -0.2) is 124 Å². The van der Waals surface area contributed by atoms with Crippen LogP contribution in [0.2, 0.25) is 0 Å². The maximum absolute atomic E-state index is 14.8. The molecule has 19 heteroatoms. The lowest BCUT2D eigenvalue weighted by Gasteiger charge is -2.56. The third-order valence-corrected chi connectivity index (χ3v) is 18.2. The number of benzene rings is 1. The average Bonchev–Trinajstić information content (AvgIpc) is 1.65. The summed E-state index contributed by atoms with van der Waals surface area (Å²) in [6.45, 7) is 22.3. The number of piperidine rings is 1. The van der Waals surface area contributed by atoms with E-state index in [1.54, 1.807) is 24.3 Å². The second kappa shape index (κ2) is 28.4. The molecular formula is C64H93N5O14. The summed E-state index contributed by atoms with van der Waals surface area (Å²) in [4.78, 5) is 95.6. The van der Waals surface area contributed by atoms with E-state index in [4.69, 9.17) is 28.4 Å². The number of aliphatic hydroxyl groups is 1. The molecular weight excluding hydrogens is 1060 g/mol. The van der Waals surface area contributed by atoms with E-state index in [-0.39, 0.29) is 72.0 Å². The second-order valence-electron chi connectivity index (χ2n) is 24.9. The highest BCUT2D eigenvalue weighted by Crippen LogP contribution is 2.47. The van der Waals surface area contributed by atoms with Crippen molar-refractivity contribution >= 4 is 41.5 Å². The standard InChI is InChI=1S/C64H93N5O14/c1-13-46-32-39(6)64(67-58(46)73)42(9)56(72)40(7)54(82-64)35-53(79-44(11)71)38(5)23-17-14-16-22-37(4)51-27-18-15-19-28-52-41(8)57-48(29-30-63(12,81-52)83-57)59(74)66-55(36(2)3)60(75)65-50(34-45-24-20-25-47(33-45)78-43(10)70)61(76)69-31-21-26-49(68-69)62(77)80-51/h14-16,18-20,22,24-25,28,33,36,38-42,46,48-57,68,72H,13,17,21,23,26-27,29-32,34-35H2,1-12H3,(H,65,75)(H,66,74)(H,67,73)/b16-14+,18-15+,28-19-,37-22+/t38-,39-,40-,41-,42-,46-,48+,49-,50-,51-,52-,53-,54-,55-,56-,57+,63+,64+/m0/s1. The zero-order chi connectivity index (χ0) is 60.5. The van der Waals surface area contributed by atoms with Crippen molar-refractivity contribution in [2.24, 2.45) is 47.3 Å². The zero-order valence-corrected chi connectivity index (χ0v) is 50.9. The molecule has 19 nitrogen and oxygen atoms in total. The normalized spacial score (nSPS) is 36.4. The van der Waals surface area contributed by atoms with Crippen LogP contribution in [0.25, 0.3) is 0 Å². The van der Waals surface area contributed by atoms with E-state index in [0.717, 1.165) is 5.57 Å².